The molecule has 1 aliphatic rings. The molecule has 2 heterocycles. The Kier molecular flexibility index (Phi) is 6.92. The van der Waals surface area contributed by atoms with Crippen LogP contribution in [0, 0.1) is 0 Å². The average molecular weight is 390 g/mol. The first-order valence-electron chi connectivity index (χ1n) is 9.72. The van der Waals surface area contributed by atoms with Crippen LogP contribution in [0.3, 0.4) is 0 Å². The fourth-order valence-corrected chi connectivity index (χ4v) is 3.20. The van der Waals surface area contributed by atoms with E-state index < -0.39 is 0 Å². The van der Waals surface area contributed by atoms with E-state index in [-0.39, 0.29) is 17.9 Å². The zero-order valence-electron chi connectivity index (χ0n) is 16.6. The summed E-state index contributed by atoms with van der Waals surface area (Å²) in [7, 11) is 2.09. The molecule has 1 fully saturated rings. The van der Waals surface area contributed by atoms with Crippen LogP contribution in [0.2, 0.25) is 0 Å². The van der Waals surface area contributed by atoms with Gasteiger partial charge in [0.25, 0.3) is 5.91 Å². The lowest BCUT2D eigenvalue weighted by atomic mass is 10.1. The largest absolute Gasteiger partial charge is 0.348 e. The van der Waals surface area contributed by atoms with Gasteiger partial charge in [-0.15, -0.1) is 0 Å². The van der Waals surface area contributed by atoms with Crippen molar-refractivity contribution in [2.24, 2.45) is 0 Å². The molecule has 150 valence electrons. The molecule has 1 aromatic heterocycles. The number of amides is 2. The van der Waals surface area contributed by atoms with Gasteiger partial charge in [-0.1, -0.05) is 36.9 Å². The minimum Gasteiger partial charge on any atom is -0.348 e. The predicted octanol–water partition coefficient (Wildman–Crippen LogP) is 3.20. The second-order valence-corrected chi connectivity index (χ2v) is 7.11. The summed E-state index contributed by atoms with van der Waals surface area (Å²) in [5.74, 6) is -0.412. The maximum Gasteiger partial charge on any atom is 0.270 e. The molecule has 0 bridgehead atoms. The van der Waals surface area contributed by atoms with Crippen molar-refractivity contribution >= 4 is 29.7 Å². The first-order chi connectivity index (χ1) is 14.0. The van der Waals surface area contributed by atoms with E-state index in [0.29, 0.717) is 17.1 Å². The highest BCUT2D eigenvalue weighted by molar-refractivity contribution is 6.00. The summed E-state index contributed by atoms with van der Waals surface area (Å²) in [5.41, 5.74) is 2.60. The second kappa shape index (κ2) is 9.80. The van der Waals surface area contributed by atoms with Gasteiger partial charge in [-0.3, -0.25) is 9.59 Å². The molecule has 0 radical (unpaired) electrons. The summed E-state index contributed by atoms with van der Waals surface area (Å²) in [6.07, 6.45) is 6.82. The van der Waals surface area contributed by atoms with Crippen molar-refractivity contribution in [1.82, 2.24) is 15.2 Å². The average Bonchev–Trinajstić information content (AvgIpc) is 2.75. The molecule has 0 saturated carbocycles. The number of pyridine rings is 1. The van der Waals surface area contributed by atoms with Crippen LogP contribution in [-0.2, 0) is 4.79 Å². The van der Waals surface area contributed by atoms with E-state index in [0.717, 1.165) is 31.5 Å². The molecular weight excluding hydrogens is 364 g/mol. The number of hydrogen-bond donors (Lipinski definition) is 2. The molecule has 6 heteroatoms. The third kappa shape index (κ3) is 5.86. The van der Waals surface area contributed by atoms with Gasteiger partial charge in [0.15, 0.2) is 0 Å². The molecule has 2 amide bonds. The number of hydrogen-bond acceptors (Lipinski definition) is 4. The van der Waals surface area contributed by atoms with Crippen LogP contribution in [0.5, 0.6) is 0 Å². The molecule has 0 aliphatic carbocycles. The molecule has 2 aromatic rings. The van der Waals surface area contributed by atoms with Crippen molar-refractivity contribution in [3.63, 3.8) is 0 Å². The number of anilines is 1. The van der Waals surface area contributed by atoms with Crippen molar-refractivity contribution in [2.45, 2.75) is 18.9 Å². The standard InChI is InChI=1S/C23H26N4O2/c1-3-22(28)26-20-9-5-4-7-17(20)11-12-18-8-6-10-21(24-18)23(29)25-19-13-15-27(2)16-14-19/h3-12,19H,1,13-16H2,2H3,(H,25,29)(H,26,28)/b12-11+. The number of nitrogens with one attached hydrogen (secondary N) is 2. The second-order valence-electron chi connectivity index (χ2n) is 7.11. The van der Waals surface area contributed by atoms with Crippen LogP contribution in [0.15, 0.2) is 55.1 Å². The van der Waals surface area contributed by atoms with Crippen molar-refractivity contribution < 1.29 is 9.59 Å². The van der Waals surface area contributed by atoms with Crippen LogP contribution >= 0.6 is 0 Å². The summed E-state index contributed by atoms with van der Waals surface area (Å²) >= 11 is 0. The number of aromatic nitrogens is 1. The van der Waals surface area contributed by atoms with Crippen molar-refractivity contribution in [3.05, 3.63) is 72.1 Å². The van der Waals surface area contributed by atoms with E-state index in [1.54, 1.807) is 6.07 Å². The quantitative estimate of drug-likeness (QED) is 0.743. The molecule has 0 unspecified atom stereocenters. The minimum atomic E-state index is -0.267. The first-order valence-corrected chi connectivity index (χ1v) is 9.72. The molecule has 0 atom stereocenters. The Morgan fingerprint density at radius 2 is 1.86 bits per heavy atom. The Morgan fingerprint density at radius 1 is 1.10 bits per heavy atom. The number of rotatable bonds is 6. The zero-order chi connectivity index (χ0) is 20.6. The van der Waals surface area contributed by atoms with Crippen LogP contribution < -0.4 is 10.6 Å². The maximum atomic E-state index is 12.6. The topological polar surface area (TPSA) is 74.3 Å². The number of para-hydroxylation sites is 1. The van der Waals surface area contributed by atoms with E-state index in [4.69, 9.17) is 0 Å². The van der Waals surface area contributed by atoms with E-state index in [2.05, 4.69) is 34.1 Å². The number of nitrogens with zero attached hydrogens (tertiary/aromatic N) is 2. The smallest absolute Gasteiger partial charge is 0.270 e. The summed E-state index contributed by atoms with van der Waals surface area (Å²) in [5, 5.41) is 5.86. The fraction of sp³-hybridized carbons (Fsp3) is 0.261. The van der Waals surface area contributed by atoms with E-state index in [9.17, 15) is 9.59 Å². The minimum absolute atomic E-state index is 0.145. The maximum absolute atomic E-state index is 12.6. The van der Waals surface area contributed by atoms with Gasteiger partial charge in [0.05, 0.1) is 5.69 Å². The number of piperidine rings is 1. The van der Waals surface area contributed by atoms with Gasteiger partial charge in [0, 0.05) is 11.7 Å². The highest BCUT2D eigenvalue weighted by atomic mass is 16.2. The highest BCUT2D eigenvalue weighted by Gasteiger charge is 2.19. The molecular formula is C23H26N4O2. The van der Waals surface area contributed by atoms with Crippen LogP contribution in [0.1, 0.15) is 34.6 Å². The van der Waals surface area contributed by atoms with E-state index in [1.165, 1.54) is 6.08 Å². The molecule has 6 nitrogen and oxygen atoms in total. The Balaban J connectivity index is 1.69. The van der Waals surface area contributed by atoms with Crippen molar-refractivity contribution in [2.75, 3.05) is 25.5 Å². The summed E-state index contributed by atoms with van der Waals surface area (Å²) in [6.45, 7) is 5.45. The molecule has 1 saturated heterocycles. The van der Waals surface area contributed by atoms with Gasteiger partial charge in [-0.25, -0.2) is 4.98 Å². The lowest BCUT2D eigenvalue weighted by Gasteiger charge is -2.29. The zero-order valence-corrected chi connectivity index (χ0v) is 16.6. The van der Waals surface area contributed by atoms with Crippen LogP contribution in [0.25, 0.3) is 12.2 Å². The molecule has 3 rings (SSSR count). The Morgan fingerprint density at radius 3 is 2.62 bits per heavy atom. The molecule has 0 spiro atoms. The summed E-state index contributed by atoms with van der Waals surface area (Å²) in [4.78, 5) is 30.9. The lowest BCUT2D eigenvalue weighted by molar-refractivity contribution is -0.111. The van der Waals surface area contributed by atoms with E-state index >= 15 is 0 Å². The van der Waals surface area contributed by atoms with Gasteiger partial charge >= 0.3 is 0 Å². The number of benzene rings is 1. The molecule has 1 aromatic carbocycles. The molecule has 2 N–H and O–H groups in total. The van der Waals surface area contributed by atoms with Crippen LogP contribution in [-0.4, -0.2) is 47.9 Å². The Hall–Kier alpha value is -3.25. The summed E-state index contributed by atoms with van der Waals surface area (Å²) < 4.78 is 0. The lowest BCUT2D eigenvalue weighted by Crippen LogP contribution is -2.43. The normalized spacial score (nSPS) is 15.2. The van der Waals surface area contributed by atoms with Crippen molar-refractivity contribution in [1.29, 1.82) is 0 Å². The monoisotopic (exact) mass is 390 g/mol. The van der Waals surface area contributed by atoms with Gasteiger partial charge < -0.3 is 15.5 Å². The Bertz CT molecular complexity index is 915. The third-order valence-corrected chi connectivity index (χ3v) is 4.89. The number of carbonyl (C=O) groups is 2. The predicted molar refractivity (Wildman–Crippen MR) is 116 cm³/mol. The van der Waals surface area contributed by atoms with Gasteiger partial charge in [0.2, 0.25) is 5.91 Å². The third-order valence-electron chi connectivity index (χ3n) is 4.89. The molecule has 29 heavy (non-hydrogen) atoms. The highest BCUT2D eigenvalue weighted by Crippen LogP contribution is 2.18. The van der Waals surface area contributed by atoms with Gasteiger partial charge in [-0.05, 0) is 68.9 Å². The summed E-state index contributed by atoms with van der Waals surface area (Å²) in [6, 6.07) is 13.0. The Labute approximate surface area is 171 Å². The van der Waals surface area contributed by atoms with Gasteiger partial charge in [0.1, 0.15) is 5.69 Å². The SMILES string of the molecule is C=CC(=O)Nc1ccccc1/C=C/c1cccc(C(=O)NC2CCN(C)CC2)n1. The van der Waals surface area contributed by atoms with Gasteiger partial charge in [-0.2, -0.15) is 0 Å². The van der Waals surface area contributed by atoms with Crippen molar-refractivity contribution in [3.8, 4) is 0 Å². The molecule has 1 aliphatic heterocycles. The fourth-order valence-electron chi connectivity index (χ4n) is 3.20. The van der Waals surface area contributed by atoms with E-state index in [1.807, 2.05) is 48.6 Å². The number of carbonyl (C=O) groups excluding carboxylic acids is 2. The number of likely N-dealkylation sites (tertiary alicyclic amines) is 1. The van der Waals surface area contributed by atoms with Crippen LogP contribution in [0.4, 0.5) is 5.69 Å². The first kappa shape index (κ1) is 20.5.